The fourth-order valence-electron chi connectivity index (χ4n) is 2.23. The van der Waals surface area contributed by atoms with Crippen LogP contribution in [0.5, 0.6) is 0 Å². The van der Waals surface area contributed by atoms with Crippen LogP contribution in [0.3, 0.4) is 0 Å². The van der Waals surface area contributed by atoms with Gasteiger partial charge < -0.3 is 10.6 Å². The summed E-state index contributed by atoms with van der Waals surface area (Å²) in [5.74, 6) is -0.617. The Kier molecular flexibility index (Phi) is 6.12. The molecule has 0 saturated heterocycles. The molecular formula is C18H21N3O4S. The Morgan fingerprint density at radius 1 is 0.923 bits per heavy atom. The van der Waals surface area contributed by atoms with Crippen LogP contribution in [0, 0.1) is 0 Å². The molecule has 26 heavy (non-hydrogen) atoms. The molecule has 2 rings (SSSR count). The van der Waals surface area contributed by atoms with Crippen molar-refractivity contribution < 1.29 is 18.0 Å². The third kappa shape index (κ3) is 5.40. The second-order valence-electron chi connectivity index (χ2n) is 6.02. The lowest BCUT2D eigenvalue weighted by molar-refractivity contribution is -0.114. The summed E-state index contributed by atoms with van der Waals surface area (Å²) in [6.07, 6.45) is 0. The molecule has 0 aliphatic heterocycles. The highest BCUT2D eigenvalue weighted by molar-refractivity contribution is 7.89. The van der Waals surface area contributed by atoms with Crippen LogP contribution in [0.2, 0.25) is 0 Å². The zero-order valence-electron chi connectivity index (χ0n) is 14.7. The van der Waals surface area contributed by atoms with Crippen LogP contribution in [0.25, 0.3) is 0 Å². The lowest BCUT2D eigenvalue weighted by Crippen LogP contribution is -2.30. The maximum absolute atomic E-state index is 12.4. The second kappa shape index (κ2) is 8.11. The molecule has 0 unspecified atom stereocenters. The molecule has 0 spiro atoms. The fourth-order valence-corrected chi connectivity index (χ4v) is 3.52. The van der Waals surface area contributed by atoms with E-state index in [0.29, 0.717) is 11.4 Å². The van der Waals surface area contributed by atoms with Gasteiger partial charge in [0.2, 0.25) is 15.9 Å². The van der Waals surface area contributed by atoms with Gasteiger partial charge in [-0.2, -0.15) is 0 Å². The van der Waals surface area contributed by atoms with Crippen molar-refractivity contribution in [2.24, 2.45) is 0 Å². The fraction of sp³-hybridized carbons (Fsp3) is 0.222. The first-order chi connectivity index (χ1) is 12.2. The number of amides is 2. The van der Waals surface area contributed by atoms with Crippen LogP contribution in [-0.2, 0) is 14.8 Å². The van der Waals surface area contributed by atoms with Gasteiger partial charge in [-0.1, -0.05) is 6.07 Å². The van der Waals surface area contributed by atoms with Crippen LogP contribution in [-0.4, -0.2) is 26.3 Å². The number of anilines is 2. The SMILES string of the molecule is CC(=O)Nc1ccc(NC(=O)c2cccc(S(=O)(=O)NC(C)C)c2)cc1. The highest BCUT2D eigenvalue weighted by Gasteiger charge is 2.17. The second-order valence-corrected chi connectivity index (χ2v) is 7.73. The van der Waals surface area contributed by atoms with E-state index in [1.54, 1.807) is 38.1 Å². The summed E-state index contributed by atoms with van der Waals surface area (Å²) >= 11 is 0. The van der Waals surface area contributed by atoms with E-state index < -0.39 is 15.9 Å². The number of benzene rings is 2. The summed E-state index contributed by atoms with van der Waals surface area (Å²) in [6, 6.07) is 12.2. The number of hydrogen-bond donors (Lipinski definition) is 3. The monoisotopic (exact) mass is 375 g/mol. The van der Waals surface area contributed by atoms with E-state index in [2.05, 4.69) is 15.4 Å². The summed E-state index contributed by atoms with van der Waals surface area (Å²) in [4.78, 5) is 23.4. The first kappa shape index (κ1) is 19.6. The van der Waals surface area contributed by atoms with E-state index in [-0.39, 0.29) is 22.4 Å². The van der Waals surface area contributed by atoms with Crippen molar-refractivity contribution in [3.05, 3.63) is 54.1 Å². The van der Waals surface area contributed by atoms with Gasteiger partial charge in [-0.15, -0.1) is 0 Å². The average Bonchev–Trinajstić information content (AvgIpc) is 2.55. The van der Waals surface area contributed by atoms with Gasteiger partial charge >= 0.3 is 0 Å². The summed E-state index contributed by atoms with van der Waals surface area (Å²) in [7, 11) is -3.68. The van der Waals surface area contributed by atoms with Gasteiger partial charge in [0.1, 0.15) is 0 Å². The van der Waals surface area contributed by atoms with Crippen molar-refractivity contribution in [2.75, 3.05) is 10.6 Å². The minimum Gasteiger partial charge on any atom is -0.326 e. The molecule has 7 nitrogen and oxygen atoms in total. The molecule has 0 aromatic heterocycles. The highest BCUT2D eigenvalue weighted by Crippen LogP contribution is 2.16. The van der Waals surface area contributed by atoms with E-state index in [0.717, 1.165) is 0 Å². The first-order valence-corrected chi connectivity index (χ1v) is 9.47. The van der Waals surface area contributed by atoms with Crippen molar-refractivity contribution in [3.63, 3.8) is 0 Å². The zero-order valence-corrected chi connectivity index (χ0v) is 15.6. The smallest absolute Gasteiger partial charge is 0.255 e. The van der Waals surface area contributed by atoms with E-state index in [9.17, 15) is 18.0 Å². The molecule has 2 aromatic carbocycles. The highest BCUT2D eigenvalue weighted by atomic mass is 32.2. The van der Waals surface area contributed by atoms with Crippen LogP contribution < -0.4 is 15.4 Å². The summed E-state index contributed by atoms with van der Waals surface area (Å²) in [5, 5.41) is 5.32. The minimum atomic E-state index is -3.68. The largest absolute Gasteiger partial charge is 0.326 e. The van der Waals surface area contributed by atoms with Gasteiger partial charge in [-0.3, -0.25) is 9.59 Å². The number of carbonyl (C=O) groups excluding carboxylic acids is 2. The molecule has 0 aliphatic rings. The molecule has 0 heterocycles. The lowest BCUT2D eigenvalue weighted by Gasteiger charge is -2.11. The molecular weight excluding hydrogens is 354 g/mol. The topological polar surface area (TPSA) is 104 Å². The van der Waals surface area contributed by atoms with E-state index >= 15 is 0 Å². The predicted molar refractivity (Wildman–Crippen MR) is 101 cm³/mol. The molecule has 3 N–H and O–H groups in total. The Bertz CT molecular complexity index is 906. The van der Waals surface area contributed by atoms with Gasteiger partial charge in [0, 0.05) is 29.9 Å². The number of hydrogen-bond acceptors (Lipinski definition) is 4. The molecule has 2 aromatic rings. The maximum Gasteiger partial charge on any atom is 0.255 e. The van der Waals surface area contributed by atoms with Crippen molar-refractivity contribution in [2.45, 2.75) is 31.7 Å². The van der Waals surface area contributed by atoms with Crippen LogP contribution in [0.4, 0.5) is 11.4 Å². The van der Waals surface area contributed by atoms with Gasteiger partial charge in [0.25, 0.3) is 5.91 Å². The minimum absolute atomic E-state index is 0.0276. The molecule has 0 atom stereocenters. The number of carbonyl (C=O) groups is 2. The quantitative estimate of drug-likeness (QED) is 0.722. The van der Waals surface area contributed by atoms with E-state index in [4.69, 9.17) is 0 Å². The Morgan fingerprint density at radius 2 is 1.50 bits per heavy atom. The van der Waals surface area contributed by atoms with E-state index in [1.165, 1.54) is 31.2 Å². The van der Waals surface area contributed by atoms with Gasteiger partial charge in [0.15, 0.2) is 0 Å². The normalized spacial score (nSPS) is 11.2. The zero-order chi connectivity index (χ0) is 19.3. The third-order valence-corrected chi connectivity index (χ3v) is 4.92. The van der Waals surface area contributed by atoms with Gasteiger partial charge in [-0.05, 0) is 56.3 Å². The van der Waals surface area contributed by atoms with Crippen LogP contribution in [0.15, 0.2) is 53.4 Å². The molecule has 2 amide bonds. The number of nitrogens with one attached hydrogen (secondary N) is 3. The van der Waals surface area contributed by atoms with Crippen molar-refractivity contribution in [1.82, 2.24) is 4.72 Å². The molecule has 0 saturated carbocycles. The Hall–Kier alpha value is -2.71. The predicted octanol–water partition coefficient (Wildman–Crippen LogP) is 2.58. The van der Waals surface area contributed by atoms with E-state index in [1.807, 2.05) is 0 Å². The number of rotatable bonds is 6. The molecule has 138 valence electrons. The molecule has 0 fully saturated rings. The summed E-state index contributed by atoms with van der Waals surface area (Å²) < 4.78 is 26.9. The third-order valence-electron chi connectivity index (χ3n) is 3.26. The maximum atomic E-state index is 12.4. The molecule has 0 bridgehead atoms. The van der Waals surface area contributed by atoms with Gasteiger partial charge in [-0.25, -0.2) is 13.1 Å². The number of sulfonamides is 1. The molecule has 8 heteroatoms. The van der Waals surface area contributed by atoms with Crippen molar-refractivity contribution in [1.29, 1.82) is 0 Å². The lowest BCUT2D eigenvalue weighted by atomic mass is 10.2. The van der Waals surface area contributed by atoms with Gasteiger partial charge in [0.05, 0.1) is 4.90 Å². The molecule has 0 radical (unpaired) electrons. The Balaban J connectivity index is 2.15. The van der Waals surface area contributed by atoms with Crippen LogP contribution >= 0.6 is 0 Å². The standard InChI is InChI=1S/C18H21N3O4S/c1-12(2)21-26(24,25)17-6-4-5-14(11-17)18(23)20-16-9-7-15(8-10-16)19-13(3)22/h4-12,21H,1-3H3,(H,19,22)(H,20,23). The first-order valence-electron chi connectivity index (χ1n) is 7.99. The average molecular weight is 375 g/mol. The van der Waals surface area contributed by atoms with Crippen molar-refractivity contribution >= 4 is 33.2 Å². The van der Waals surface area contributed by atoms with Crippen LogP contribution in [0.1, 0.15) is 31.1 Å². The molecule has 0 aliphatic carbocycles. The summed E-state index contributed by atoms with van der Waals surface area (Å²) in [6.45, 7) is 4.85. The Morgan fingerprint density at radius 3 is 2.04 bits per heavy atom. The summed E-state index contributed by atoms with van der Waals surface area (Å²) in [5.41, 5.74) is 1.36. The van der Waals surface area contributed by atoms with Crippen molar-refractivity contribution in [3.8, 4) is 0 Å². The Labute approximate surface area is 152 Å².